The van der Waals surface area contributed by atoms with Crippen molar-refractivity contribution in [3.63, 3.8) is 0 Å². The van der Waals surface area contributed by atoms with Gasteiger partial charge in [-0.05, 0) is 43.4 Å². The zero-order valence-corrected chi connectivity index (χ0v) is 55.4. The minimum atomic E-state index is -4.95. The Hall–Kier alpha value is -1.94. The van der Waals surface area contributed by atoms with Gasteiger partial charge in [-0.2, -0.15) is 0 Å². The Morgan fingerprint density at radius 2 is 0.614 bits per heavy atom. The van der Waals surface area contributed by atoms with E-state index in [0.717, 1.165) is 115 Å². The van der Waals surface area contributed by atoms with Crippen LogP contribution in [0.5, 0.6) is 0 Å². The first-order valence-corrected chi connectivity index (χ1v) is 36.4. The molecule has 0 amide bonds. The molecule has 0 aromatic rings. The number of phosphoric acid groups is 2. The summed E-state index contributed by atoms with van der Waals surface area (Å²) < 4.78 is 67.9. The lowest BCUT2D eigenvalue weighted by atomic mass is 10.00. The van der Waals surface area contributed by atoms with Crippen LogP contribution in [0, 0.1) is 17.8 Å². The first-order valence-electron chi connectivity index (χ1n) is 33.4. The van der Waals surface area contributed by atoms with Crippen LogP contribution in [0.15, 0.2) is 0 Å². The molecule has 492 valence electrons. The molecule has 0 radical (unpaired) electrons. The Morgan fingerprint density at radius 1 is 0.349 bits per heavy atom. The summed E-state index contributed by atoms with van der Waals surface area (Å²) in [7, 11) is -9.88. The van der Waals surface area contributed by atoms with E-state index < -0.39 is 97.5 Å². The maximum absolute atomic E-state index is 13.0. The van der Waals surface area contributed by atoms with E-state index >= 15 is 0 Å². The third-order valence-corrected chi connectivity index (χ3v) is 16.9. The molecule has 19 heteroatoms. The molecule has 6 atom stereocenters. The molecular weight excluding hydrogens is 1100 g/mol. The standard InChI is InChI=1S/C64H124O17P2/c1-8-10-11-12-13-22-31-38-45-61(66)74-51-60(81-64(69)48-41-34-26-24-29-36-43-56(5)6)54-79-83(72,73)77-50-58(65)49-76-82(70,71)78-53-59(52-75-62(67)46-39-32-27-25-30-37-44-57(7)9-2)80-63(68)47-40-33-23-20-18-16-14-15-17-19-21-28-35-42-55(3)4/h55-60,65H,8-54H2,1-7H3,(H,70,71)(H,72,73)/t57?,58-,59-,60-/m1/s1. The molecule has 0 aliphatic carbocycles. The van der Waals surface area contributed by atoms with E-state index in [2.05, 4.69) is 48.5 Å². The fraction of sp³-hybridized carbons (Fsp3) is 0.938. The SMILES string of the molecule is CCCCCCCCCCC(=O)OC[C@H](COP(=O)(O)OC[C@H](O)COP(=O)(O)OC[C@@H](COC(=O)CCCCCCCCC(C)CC)OC(=O)CCCCCCCCCCCCCCCC(C)C)OC(=O)CCCCCCCCC(C)C. The van der Waals surface area contributed by atoms with Crippen molar-refractivity contribution in [3.05, 3.63) is 0 Å². The van der Waals surface area contributed by atoms with E-state index in [1.165, 1.54) is 109 Å². The number of unbranched alkanes of at least 4 members (excludes halogenated alkanes) is 29. The fourth-order valence-electron chi connectivity index (χ4n) is 9.45. The highest BCUT2D eigenvalue weighted by molar-refractivity contribution is 7.47. The highest BCUT2D eigenvalue weighted by Crippen LogP contribution is 2.45. The Kier molecular flexibility index (Phi) is 54.1. The molecule has 0 saturated carbocycles. The summed E-state index contributed by atoms with van der Waals surface area (Å²) in [5.74, 6) is 0.0443. The van der Waals surface area contributed by atoms with Crippen molar-refractivity contribution in [3.8, 4) is 0 Å². The molecule has 3 unspecified atom stereocenters. The van der Waals surface area contributed by atoms with Crippen molar-refractivity contribution in [1.29, 1.82) is 0 Å². The van der Waals surface area contributed by atoms with Crippen molar-refractivity contribution in [2.75, 3.05) is 39.6 Å². The predicted octanol–water partition coefficient (Wildman–Crippen LogP) is 17.5. The minimum absolute atomic E-state index is 0.101. The number of ether oxygens (including phenoxy) is 4. The summed E-state index contributed by atoms with van der Waals surface area (Å²) in [6.45, 7) is 11.7. The van der Waals surface area contributed by atoms with Crippen LogP contribution < -0.4 is 0 Å². The van der Waals surface area contributed by atoms with Gasteiger partial charge in [-0.25, -0.2) is 9.13 Å². The van der Waals surface area contributed by atoms with Crippen LogP contribution in [-0.4, -0.2) is 96.7 Å². The maximum atomic E-state index is 13.0. The molecule has 0 fully saturated rings. The first kappa shape index (κ1) is 81.1. The summed E-state index contributed by atoms with van der Waals surface area (Å²) in [6, 6.07) is 0. The quantitative estimate of drug-likeness (QED) is 0.0222. The van der Waals surface area contributed by atoms with Gasteiger partial charge in [0.1, 0.15) is 19.3 Å². The number of carbonyl (C=O) groups is 4. The van der Waals surface area contributed by atoms with Gasteiger partial charge in [0.15, 0.2) is 12.2 Å². The Labute approximate surface area is 505 Å². The molecule has 0 rings (SSSR count). The normalized spacial score (nSPS) is 14.7. The molecule has 0 aromatic heterocycles. The van der Waals surface area contributed by atoms with Gasteiger partial charge in [0.25, 0.3) is 0 Å². The summed E-state index contributed by atoms with van der Waals surface area (Å²) in [4.78, 5) is 72.1. The Morgan fingerprint density at radius 3 is 0.916 bits per heavy atom. The monoisotopic (exact) mass is 1230 g/mol. The smallest absolute Gasteiger partial charge is 0.462 e. The average molecular weight is 1230 g/mol. The number of carbonyl (C=O) groups excluding carboxylic acids is 4. The van der Waals surface area contributed by atoms with Gasteiger partial charge in [-0.3, -0.25) is 37.3 Å². The molecule has 3 N–H and O–H groups in total. The zero-order valence-electron chi connectivity index (χ0n) is 53.6. The topological polar surface area (TPSA) is 237 Å². The number of hydrogen-bond acceptors (Lipinski definition) is 15. The molecule has 0 bridgehead atoms. The van der Waals surface area contributed by atoms with Crippen molar-refractivity contribution in [1.82, 2.24) is 0 Å². The first-order chi connectivity index (χ1) is 39.8. The Balaban J connectivity index is 5.21. The van der Waals surface area contributed by atoms with E-state index in [1.807, 2.05) is 0 Å². The Bertz CT molecular complexity index is 1650. The van der Waals surface area contributed by atoms with Crippen LogP contribution in [-0.2, 0) is 65.4 Å². The third kappa shape index (κ3) is 57.6. The van der Waals surface area contributed by atoms with Crippen LogP contribution in [0.25, 0.3) is 0 Å². The van der Waals surface area contributed by atoms with Crippen LogP contribution >= 0.6 is 15.6 Å². The van der Waals surface area contributed by atoms with Gasteiger partial charge in [0.05, 0.1) is 26.4 Å². The van der Waals surface area contributed by atoms with Crippen LogP contribution in [0.3, 0.4) is 0 Å². The van der Waals surface area contributed by atoms with Gasteiger partial charge in [-0.1, -0.05) is 260 Å². The molecular formula is C64H124O17P2. The molecule has 0 aromatic carbocycles. The second-order valence-corrected chi connectivity index (χ2v) is 27.3. The average Bonchev–Trinajstić information content (AvgIpc) is 3.45. The number of aliphatic hydroxyl groups is 1. The van der Waals surface area contributed by atoms with Crippen LogP contribution in [0.4, 0.5) is 0 Å². The van der Waals surface area contributed by atoms with Crippen molar-refractivity contribution < 1.29 is 80.2 Å². The van der Waals surface area contributed by atoms with E-state index in [1.54, 1.807) is 0 Å². The molecule has 0 saturated heterocycles. The largest absolute Gasteiger partial charge is 0.472 e. The molecule has 0 heterocycles. The van der Waals surface area contributed by atoms with E-state index in [9.17, 15) is 43.2 Å². The van der Waals surface area contributed by atoms with E-state index in [4.69, 9.17) is 37.0 Å². The van der Waals surface area contributed by atoms with Gasteiger partial charge < -0.3 is 33.8 Å². The summed E-state index contributed by atoms with van der Waals surface area (Å²) >= 11 is 0. The molecule has 0 aliphatic heterocycles. The highest BCUT2D eigenvalue weighted by atomic mass is 31.2. The molecule has 17 nitrogen and oxygen atoms in total. The lowest BCUT2D eigenvalue weighted by molar-refractivity contribution is -0.161. The summed E-state index contributed by atoms with van der Waals surface area (Å²) in [5.41, 5.74) is 0. The van der Waals surface area contributed by atoms with E-state index in [-0.39, 0.29) is 25.7 Å². The van der Waals surface area contributed by atoms with Crippen molar-refractivity contribution in [2.45, 2.75) is 330 Å². The highest BCUT2D eigenvalue weighted by Gasteiger charge is 2.30. The fourth-order valence-corrected chi connectivity index (χ4v) is 11.0. The van der Waals surface area contributed by atoms with Crippen LogP contribution in [0.2, 0.25) is 0 Å². The van der Waals surface area contributed by atoms with Crippen molar-refractivity contribution >= 4 is 39.5 Å². The van der Waals surface area contributed by atoms with E-state index in [0.29, 0.717) is 31.6 Å². The number of aliphatic hydroxyl groups excluding tert-OH is 1. The lowest BCUT2D eigenvalue weighted by Gasteiger charge is -2.21. The summed E-state index contributed by atoms with van der Waals surface area (Å²) in [6.07, 6.45) is 36.4. The number of esters is 4. The molecule has 0 aliphatic rings. The number of phosphoric ester groups is 2. The molecule has 0 spiro atoms. The predicted molar refractivity (Wildman–Crippen MR) is 331 cm³/mol. The number of hydrogen-bond donors (Lipinski definition) is 3. The maximum Gasteiger partial charge on any atom is 0.472 e. The van der Waals surface area contributed by atoms with Gasteiger partial charge >= 0.3 is 39.5 Å². The second-order valence-electron chi connectivity index (χ2n) is 24.3. The number of rotatable bonds is 62. The van der Waals surface area contributed by atoms with Gasteiger partial charge in [-0.15, -0.1) is 0 Å². The lowest BCUT2D eigenvalue weighted by Crippen LogP contribution is -2.30. The van der Waals surface area contributed by atoms with Gasteiger partial charge in [0, 0.05) is 25.7 Å². The van der Waals surface area contributed by atoms with Gasteiger partial charge in [0.2, 0.25) is 0 Å². The second kappa shape index (κ2) is 55.4. The zero-order chi connectivity index (χ0) is 61.7. The molecule has 83 heavy (non-hydrogen) atoms. The third-order valence-electron chi connectivity index (χ3n) is 15.0. The van der Waals surface area contributed by atoms with Crippen molar-refractivity contribution in [2.24, 2.45) is 17.8 Å². The van der Waals surface area contributed by atoms with Crippen LogP contribution in [0.1, 0.15) is 312 Å². The summed E-state index contributed by atoms with van der Waals surface area (Å²) in [5, 5.41) is 10.5. The minimum Gasteiger partial charge on any atom is -0.462 e.